The normalized spacial score (nSPS) is 29.7. The van der Waals surface area contributed by atoms with E-state index in [1.807, 2.05) is 30.3 Å². The Labute approximate surface area is 163 Å². The first-order valence-corrected chi connectivity index (χ1v) is 9.93. The summed E-state index contributed by atoms with van der Waals surface area (Å²) in [5, 5.41) is 0. The zero-order valence-corrected chi connectivity index (χ0v) is 15.8. The number of benzene rings is 1. The molecular formula is C20H26F3N3O2. The maximum absolute atomic E-state index is 13.3. The van der Waals surface area contributed by atoms with Crippen LogP contribution in [0.2, 0.25) is 0 Å². The predicted molar refractivity (Wildman–Crippen MR) is 97.6 cm³/mol. The Morgan fingerprint density at radius 2 is 1.68 bits per heavy atom. The zero-order chi connectivity index (χ0) is 19.7. The van der Waals surface area contributed by atoms with Gasteiger partial charge in [0, 0.05) is 19.6 Å². The highest BCUT2D eigenvalue weighted by molar-refractivity contribution is 5.82. The van der Waals surface area contributed by atoms with Gasteiger partial charge in [-0.3, -0.25) is 14.6 Å². The minimum absolute atomic E-state index is 0.0939. The van der Waals surface area contributed by atoms with Crippen molar-refractivity contribution in [2.75, 3.05) is 39.4 Å². The van der Waals surface area contributed by atoms with Gasteiger partial charge >= 0.3 is 12.1 Å². The van der Waals surface area contributed by atoms with Gasteiger partial charge in [-0.25, -0.2) is 0 Å². The molecule has 1 amide bonds. The maximum atomic E-state index is 13.3. The summed E-state index contributed by atoms with van der Waals surface area (Å²) in [5.74, 6) is -1.71. The molecule has 8 heteroatoms. The topological polar surface area (TPSA) is 36.0 Å². The molecule has 3 fully saturated rings. The Morgan fingerprint density at radius 1 is 1.00 bits per heavy atom. The fourth-order valence-corrected chi connectivity index (χ4v) is 4.86. The first-order chi connectivity index (χ1) is 13.4. The van der Waals surface area contributed by atoms with E-state index in [2.05, 4.69) is 9.80 Å². The second-order valence-electron chi connectivity index (χ2n) is 7.86. The average molecular weight is 397 g/mol. The Balaban J connectivity index is 1.61. The minimum Gasteiger partial charge on any atom is -0.378 e. The Bertz CT molecular complexity index is 679. The van der Waals surface area contributed by atoms with Gasteiger partial charge in [0.25, 0.3) is 0 Å². The number of hydrogen-bond donors (Lipinski definition) is 0. The number of piperazine rings is 1. The number of hydrogen-bond acceptors (Lipinski definition) is 4. The van der Waals surface area contributed by atoms with Crippen LogP contribution in [0.25, 0.3) is 0 Å². The van der Waals surface area contributed by atoms with Gasteiger partial charge in [-0.05, 0) is 31.5 Å². The van der Waals surface area contributed by atoms with E-state index in [4.69, 9.17) is 4.74 Å². The van der Waals surface area contributed by atoms with Crippen molar-refractivity contribution in [3.63, 3.8) is 0 Å². The highest BCUT2D eigenvalue weighted by Crippen LogP contribution is 2.33. The summed E-state index contributed by atoms with van der Waals surface area (Å²) in [6.07, 6.45) is -2.77. The second kappa shape index (κ2) is 8.00. The van der Waals surface area contributed by atoms with Gasteiger partial charge in [0.05, 0.1) is 31.3 Å². The SMILES string of the molecule is O=C(N1CCN(Cc2ccccc2)C2COCC(N3CCCC3)[C@H]21)C(F)(F)F. The van der Waals surface area contributed by atoms with Crippen LogP contribution in [0.15, 0.2) is 30.3 Å². The van der Waals surface area contributed by atoms with Gasteiger partial charge in [0.1, 0.15) is 0 Å². The van der Waals surface area contributed by atoms with Gasteiger partial charge in [-0.15, -0.1) is 0 Å². The molecule has 0 aromatic heterocycles. The lowest BCUT2D eigenvalue weighted by Crippen LogP contribution is -2.72. The molecule has 3 saturated heterocycles. The molecule has 1 aromatic carbocycles. The van der Waals surface area contributed by atoms with Crippen LogP contribution in [0.3, 0.4) is 0 Å². The Hall–Kier alpha value is -1.64. The number of ether oxygens (including phenoxy) is 1. The standard InChI is InChI=1S/C20H26F3N3O2/c21-20(22,23)19(27)26-11-10-25(12-15-6-2-1-3-7-15)17-14-28-13-16(18(17)26)24-8-4-5-9-24/h1-3,6-7,16-18H,4-5,8-14H2/t16?,17?,18-/m1/s1. The van der Waals surface area contributed by atoms with E-state index in [-0.39, 0.29) is 18.6 Å². The molecule has 3 aliphatic heterocycles. The number of rotatable bonds is 3. The molecule has 5 nitrogen and oxygen atoms in total. The van der Waals surface area contributed by atoms with Gasteiger partial charge < -0.3 is 9.64 Å². The molecule has 0 bridgehead atoms. The van der Waals surface area contributed by atoms with Crippen molar-refractivity contribution < 1.29 is 22.7 Å². The van der Waals surface area contributed by atoms with Gasteiger partial charge in [0.15, 0.2) is 0 Å². The van der Waals surface area contributed by atoms with Crippen LogP contribution in [-0.4, -0.2) is 84.3 Å². The Morgan fingerprint density at radius 3 is 2.36 bits per heavy atom. The minimum atomic E-state index is -4.85. The van der Waals surface area contributed by atoms with Crippen LogP contribution in [0.1, 0.15) is 18.4 Å². The molecule has 0 saturated carbocycles. The maximum Gasteiger partial charge on any atom is 0.471 e. The summed E-state index contributed by atoms with van der Waals surface area (Å²) in [4.78, 5) is 17.7. The largest absolute Gasteiger partial charge is 0.471 e. The van der Waals surface area contributed by atoms with E-state index < -0.39 is 18.1 Å². The van der Waals surface area contributed by atoms with Crippen LogP contribution in [-0.2, 0) is 16.1 Å². The number of carbonyl (C=O) groups is 1. The number of fused-ring (bicyclic) bond motifs is 1. The molecule has 3 aliphatic rings. The number of likely N-dealkylation sites (tertiary alicyclic amines) is 1. The summed E-state index contributed by atoms with van der Waals surface area (Å²) in [7, 11) is 0. The highest BCUT2D eigenvalue weighted by Gasteiger charge is 2.53. The third kappa shape index (κ3) is 3.90. The monoisotopic (exact) mass is 397 g/mol. The van der Waals surface area contributed by atoms with Crippen molar-refractivity contribution in [3.05, 3.63) is 35.9 Å². The number of carbonyl (C=O) groups excluding carboxylic acids is 1. The fraction of sp³-hybridized carbons (Fsp3) is 0.650. The van der Waals surface area contributed by atoms with E-state index in [1.165, 1.54) is 0 Å². The van der Waals surface area contributed by atoms with Crippen LogP contribution in [0.5, 0.6) is 0 Å². The average Bonchev–Trinajstić information content (AvgIpc) is 3.22. The predicted octanol–water partition coefficient (Wildman–Crippen LogP) is 2.12. The molecule has 4 rings (SSSR count). The lowest BCUT2D eigenvalue weighted by molar-refractivity contribution is -0.200. The van der Waals surface area contributed by atoms with Gasteiger partial charge in [-0.2, -0.15) is 13.2 Å². The molecule has 3 atom stereocenters. The quantitative estimate of drug-likeness (QED) is 0.783. The molecule has 0 N–H and O–H groups in total. The number of halogens is 3. The molecular weight excluding hydrogens is 371 g/mol. The zero-order valence-electron chi connectivity index (χ0n) is 15.8. The first-order valence-electron chi connectivity index (χ1n) is 9.93. The number of amides is 1. The molecule has 0 spiro atoms. The molecule has 3 heterocycles. The van der Waals surface area contributed by atoms with E-state index in [9.17, 15) is 18.0 Å². The summed E-state index contributed by atoms with van der Waals surface area (Å²) >= 11 is 0. The third-order valence-electron chi connectivity index (χ3n) is 6.16. The van der Waals surface area contributed by atoms with Crippen LogP contribution >= 0.6 is 0 Å². The van der Waals surface area contributed by atoms with Crippen molar-refractivity contribution >= 4 is 5.91 Å². The summed E-state index contributed by atoms with van der Waals surface area (Å²) in [6.45, 7) is 3.58. The summed E-state index contributed by atoms with van der Waals surface area (Å²) < 4.78 is 45.7. The molecule has 0 aliphatic carbocycles. The van der Waals surface area contributed by atoms with Crippen molar-refractivity contribution in [2.24, 2.45) is 0 Å². The third-order valence-corrected chi connectivity index (χ3v) is 6.16. The van der Waals surface area contributed by atoms with E-state index >= 15 is 0 Å². The molecule has 28 heavy (non-hydrogen) atoms. The van der Waals surface area contributed by atoms with E-state index in [1.54, 1.807) is 0 Å². The lowest BCUT2D eigenvalue weighted by atomic mass is 9.91. The van der Waals surface area contributed by atoms with Crippen molar-refractivity contribution in [1.82, 2.24) is 14.7 Å². The second-order valence-corrected chi connectivity index (χ2v) is 7.86. The molecule has 0 radical (unpaired) electrons. The molecule has 2 unspecified atom stereocenters. The first kappa shape index (κ1) is 19.7. The van der Waals surface area contributed by atoms with Crippen molar-refractivity contribution in [2.45, 2.75) is 43.7 Å². The fourth-order valence-electron chi connectivity index (χ4n) is 4.86. The summed E-state index contributed by atoms with van der Waals surface area (Å²) in [5.41, 5.74) is 1.11. The van der Waals surface area contributed by atoms with Gasteiger partial charge in [0.2, 0.25) is 0 Å². The molecule has 1 aromatic rings. The Kier molecular flexibility index (Phi) is 5.62. The number of nitrogens with zero attached hydrogens (tertiary/aromatic N) is 3. The number of alkyl halides is 3. The van der Waals surface area contributed by atoms with Gasteiger partial charge in [-0.1, -0.05) is 30.3 Å². The summed E-state index contributed by atoms with van der Waals surface area (Å²) in [6, 6.07) is 8.97. The lowest BCUT2D eigenvalue weighted by Gasteiger charge is -2.54. The smallest absolute Gasteiger partial charge is 0.378 e. The van der Waals surface area contributed by atoms with Crippen molar-refractivity contribution in [3.8, 4) is 0 Å². The van der Waals surface area contributed by atoms with Crippen LogP contribution in [0, 0.1) is 0 Å². The van der Waals surface area contributed by atoms with E-state index in [0.717, 1.165) is 36.4 Å². The van der Waals surface area contributed by atoms with Crippen molar-refractivity contribution in [1.29, 1.82) is 0 Å². The van der Waals surface area contributed by atoms with Crippen LogP contribution in [0.4, 0.5) is 13.2 Å². The molecule has 154 valence electrons. The van der Waals surface area contributed by atoms with E-state index in [0.29, 0.717) is 26.3 Å². The highest BCUT2D eigenvalue weighted by atomic mass is 19.4. The van der Waals surface area contributed by atoms with Crippen LogP contribution < -0.4 is 0 Å².